The van der Waals surface area contributed by atoms with Crippen molar-refractivity contribution in [1.82, 2.24) is 5.32 Å². The number of carboxylic acids is 1. The number of aliphatic carboxylic acids is 1. The fraction of sp³-hybridized carbons (Fsp3) is 0.867. The van der Waals surface area contributed by atoms with E-state index in [1.165, 1.54) is 0 Å². The van der Waals surface area contributed by atoms with Gasteiger partial charge in [0.1, 0.15) is 6.04 Å². The zero-order valence-corrected chi connectivity index (χ0v) is 14.5. The maximum atomic E-state index is 11.9. The molecular formula is C15H30N2O3S. The van der Waals surface area contributed by atoms with Gasteiger partial charge in [0.2, 0.25) is 5.91 Å². The first-order chi connectivity index (χ1) is 9.72. The molecule has 0 rings (SSSR count). The third-order valence-corrected chi connectivity index (χ3v) is 4.35. The summed E-state index contributed by atoms with van der Waals surface area (Å²) in [6.07, 6.45) is 4.34. The van der Waals surface area contributed by atoms with E-state index in [4.69, 9.17) is 10.8 Å². The molecule has 5 nitrogen and oxygen atoms in total. The molecular weight excluding hydrogens is 288 g/mol. The molecule has 4 N–H and O–H groups in total. The first kappa shape index (κ1) is 20.2. The van der Waals surface area contributed by atoms with Crippen LogP contribution in [0, 0.1) is 11.3 Å². The summed E-state index contributed by atoms with van der Waals surface area (Å²) in [6.45, 7) is 7.03. The van der Waals surface area contributed by atoms with Gasteiger partial charge in [-0.05, 0) is 49.1 Å². The summed E-state index contributed by atoms with van der Waals surface area (Å²) in [5, 5.41) is 11.7. The Morgan fingerprint density at radius 2 is 1.86 bits per heavy atom. The molecule has 0 aliphatic carbocycles. The summed E-state index contributed by atoms with van der Waals surface area (Å²) in [5.41, 5.74) is 5.73. The summed E-state index contributed by atoms with van der Waals surface area (Å²) >= 11 is 1.57. The standard InChI is InChI=1S/C15H30N2O3S/c1-15(2,3)11(7-9-16)5-6-13(18)17-12(14(19)20)8-10-21-4/h11-12H,5-10,16H2,1-4H3,(H,17,18)(H,19,20). The van der Waals surface area contributed by atoms with Gasteiger partial charge in [0, 0.05) is 6.42 Å². The van der Waals surface area contributed by atoms with Gasteiger partial charge >= 0.3 is 5.97 Å². The monoisotopic (exact) mass is 318 g/mol. The maximum Gasteiger partial charge on any atom is 0.326 e. The Balaban J connectivity index is 4.36. The zero-order valence-electron chi connectivity index (χ0n) is 13.6. The average molecular weight is 318 g/mol. The van der Waals surface area contributed by atoms with Crippen molar-refractivity contribution in [2.24, 2.45) is 17.1 Å². The quantitative estimate of drug-likeness (QED) is 0.573. The summed E-state index contributed by atoms with van der Waals surface area (Å²) in [7, 11) is 0. The highest BCUT2D eigenvalue weighted by Gasteiger charge is 2.25. The number of carboxylic acid groups (broad SMARTS) is 1. The molecule has 0 bridgehead atoms. The van der Waals surface area contributed by atoms with Gasteiger partial charge in [-0.15, -0.1) is 0 Å². The summed E-state index contributed by atoms with van der Waals surface area (Å²) in [6, 6.07) is -0.785. The largest absolute Gasteiger partial charge is 0.480 e. The normalized spacial score (nSPS) is 14.5. The predicted octanol–water partition coefficient (Wildman–Crippen LogP) is 2.10. The van der Waals surface area contributed by atoms with Gasteiger partial charge in [0.15, 0.2) is 0 Å². The second-order valence-corrected chi connectivity index (χ2v) is 7.40. The second kappa shape index (κ2) is 10.1. The molecule has 6 heteroatoms. The van der Waals surface area contributed by atoms with Crippen LogP contribution in [0.25, 0.3) is 0 Å². The van der Waals surface area contributed by atoms with E-state index in [-0.39, 0.29) is 11.3 Å². The topological polar surface area (TPSA) is 92.4 Å². The third-order valence-electron chi connectivity index (χ3n) is 3.70. The van der Waals surface area contributed by atoms with Crippen molar-refractivity contribution in [3.63, 3.8) is 0 Å². The Hall–Kier alpha value is -0.750. The molecule has 2 atom stereocenters. The number of carbonyl (C=O) groups excluding carboxylic acids is 1. The minimum atomic E-state index is -0.966. The van der Waals surface area contributed by atoms with Crippen LogP contribution in [0.2, 0.25) is 0 Å². The van der Waals surface area contributed by atoms with Gasteiger partial charge in [-0.1, -0.05) is 20.8 Å². The van der Waals surface area contributed by atoms with Crippen LogP contribution in [-0.2, 0) is 9.59 Å². The fourth-order valence-corrected chi connectivity index (χ4v) is 2.75. The lowest BCUT2D eigenvalue weighted by Crippen LogP contribution is -2.41. The molecule has 21 heavy (non-hydrogen) atoms. The lowest BCUT2D eigenvalue weighted by atomic mass is 9.76. The molecule has 0 saturated carbocycles. The highest BCUT2D eigenvalue weighted by Crippen LogP contribution is 2.32. The number of hydrogen-bond donors (Lipinski definition) is 3. The number of nitrogens with one attached hydrogen (secondary N) is 1. The van der Waals surface area contributed by atoms with E-state index in [9.17, 15) is 9.59 Å². The van der Waals surface area contributed by atoms with E-state index in [1.807, 2.05) is 6.26 Å². The molecule has 0 heterocycles. The molecule has 1 amide bonds. The minimum absolute atomic E-state index is 0.102. The van der Waals surface area contributed by atoms with Gasteiger partial charge in [-0.2, -0.15) is 11.8 Å². The van der Waals surface area contributed by atoms with Crippen LogP contribution < -0.4 is 11.1 Å². The van der Waals surface area contributed by atoms with Crippen LogP contribution in [-0.4, -0.2) is 41.6 Å². The molecule has 2 unspecified atom stereocenters. The van der Waals surface area contributed by atoms with E-state index >= 15 is 0 Å². The van der Waals surface area contributed by atoms with Crippen molar-refractivity contribution in [3.8, 4) is 0 Å². The first-order valence-corrected chi connectivity index (χ1v) is 8.83. The molecule has 0 aliphatic heterocycles. The fourth-order valence-electron chi connectivity index (χ4n) is 2.28. The number of thioether (sulfide) groups is 1. The van der Waals surface area contributed by atoms with Gasteiger partial charge < -0.3 is 16.2 Å². The van der Waals surface area contributed by atoms with Gasteiger partial charge in [-0.3, -0.25) is 4.79 Å². The lowest BCUT2D eigenvalue weighted by Gasteiger charge is -2.30. The zero-order chi connectivity index (χ0) is 16.5. The van der Waals surface area contributed by atoms with Crippen LogP contribution in [0.3, 0.4) is 0 Å². The smallest absolute Gasteiger partial charge is 0.326 e. The van der Waals surface area contributed by atoms with E-state index < -0.39 is 12.0 Å². The third kappa shape index (κ3) is 8.98. The number of carbonyl (C=O) groups is 2. The van der Waals surface area contributed by atoms with Gasteiger partial charge in [-0.25, -0.2) is 4.79 Å². The van der Waals surface area contributed by atoms with Crippen molar-refractivity contribution in [3.05, 3.63) is 0 Å². The minimum Gasteiger partial charge on any atom is -0.480 e. The Kier molecular flexibility index (Phi) is 9.70. The van der Waals surface area contributed by atoms with E-state index in [0.717, 1.165) is 18.6 Å². The van der Waals surface area contributed by atoms with E-state index in [2.05, 4.69) is 26.1 Å². The Bertz CT molecular complexity index is 329. The maximum absolute atomic E-state index is 11.9. The molecule has 124 valence electrons. The van der Waals surface area contributed by atoms with Crippen LogP contribution in [0.5, 0.6) is 0 Å². The summed E-state index contributed by atoms with van der Waals surface area (Å²) in [4.78, 5) is 23.0. The number of amides is 1. The molecule has 0 aliphatic rings. The van der Waals surface area contributed by atoms with Crippen molar-refractivity contribution >= 4 is 23.6 Å². The van der Waals surface area contributed by atoms with Crippen molar-refractivity contribution in [1.29, 1.82) is 0 Å². The Labute approximate surface area is 132 Å². The average Bonchev–Trinajstić information content (AvgIpc) is 2.37. The molecule has 0 aromatic carbocycles. The van der Waals surface area contributed by atoms with E-state index in [1.54, 1.807) is 11.8 Å². The summed E-state index contributed by atoms with van der Waals surface area (Å²) in [5.74, 6) is -0.0705. The van der Waals surface area contributed by atoms with Crippen molar-refractivity contribution in [2.75, 3.05) is 18.6 Å². The van der Waals surface area contributed by atoms with Crippen LogP contribution in [0.15, 0.2) is 0 Å². The predicted molar refractivity (Wildman–Crippen MR) is 88.4 cm³/mol. The second-order valence-electron chi connectivity index (χ2n) is 6.42. The highest BCUT2D eigenvalue weighted by atomic mass is 32.2. The molecule has 0 saturated heterocycles. The van der Waals surface area contributed by atoms with Gasteiger partial charge in [0.05, 0.1) is 0 Å². The van der Waals surface area contributed by atoms with Gasteiger partial charge in [0.25, 0.3) is 0 Å². The molecule has 0 spiro atoms. The SMILES string of the molecule is CSCCC(NC(=O)CCC(CCN)C(C)(C)C)C(=O)O. The number of nitrogens with two attached hydrogens (primary N) is 1. The molecule has 0 aromatic rings. The van der Waals surface area contributed by atoms with Crippen LogP contribution >= 0.6 is 11.8 Å². The summed E-state index contributed by atoms with van der Waals surface area (Å²) < 4.78 is 0. The van der Waals surface area contributed by atoms with Crippen molar-refractivity contribution in [2.45, 2.75) is 52.5 Å². The lowest BCUT2D eigenvalue weighted by molar-refractivity contribution is -0.141. The Morgan fingerprint density at radius 3 is 2.29 bits per heavy atom. The van der Waals surface area contributed by atoms with Crippen LogP contribution in [0.4, 0.5) is 0 Å². The number of hydrogen-bond acceptors (Lipinski definition) is 4. The Morgan fingerprint density at radius 1 is 1.24 bits per heavy atom. The molecule has 0 radical (unpaired) electrons. The highest BCUT2D eigenvalue weighted by molar-refractivity contribution is 7.98. The van der Waals surface area contributed by atoms with Crippen molar-refractivity contribution < 1.29 is 14.7 Å². The van der Waals surface area contributed by atoms with Crippen LogP contribution in [0.1, 0.15) is 46.5 Å². The molecule has 0 aromatic heterocycles. The van der Waals surface area contributed by atoms with E-state index in [0.29, 0.717) is 25.3 Å². The first-order valence-electron chi connectivity index (χ1n) is 7.43. The molecule has 0 fully saturated rings. The number of rotatable bonds is 10.